The number of methoxy groups -OCH3 is 1. The second-order valence-electron chi connectivity index (χ2n) is 8.66. The lowest BCUT2D eigenvalue weighted by molar-refractivity contribution is -1.02. The van der Waals surface area contributed by atoms with Gasteiger partial charge in [-0.1, -0.05) is 42.0 Å². The van der Waals surface area contributed by atoms with Gasteiger partial charge in [0.1, 0.15) is 38.5 Å². The summed E-state index contributed by atoms with van der Waals surface area (Å²) in [5.41, 5.74) is 3.88. The molecule has 3 rings (SSSR count). The SMILES string of the molecule is COc1ccc(C)cc1C[NH+]1CC[NH+](CC(=O)N[C@@H](C)CCc2ccccc2)CC1. The summed E-state index contributed by atoms with van der Waals surface area (Å²) >= 11 is 0. The first-order valence-electron chi connectivity index (χ1n) is 11.2. The predicted octanol–water partition coefficient (Wildman–Crippen LogP) is 0.425. The minimum Gasteiger partial charge on any atom is -0.496 e. The van der Waals surface area contributed by atoms with E-state index in [-0.39, 0.29) is 11.9 Å². The normalized spacial score (nSPS) is 19.8. The molecule has 1 fully saturated rings. The van der Waals surface area contributed by atoms with Crippen LogP contribution in [0.2, 0.25) is 0 Å². The molecule has 1 amide bonds. The average molecular weight is 412 g/mol. The van der Waals surface area contributed by atoms with Gasteiger partial charge in [-0.2, -0.15) is 0 Å². The van der Waals surface area contributed by atoms with Crippen LogP contribution in [0.3, 0.4) is 0 Å². The molecule has 1 saturated heterocycles. The third-order valence-corrected chi connectivity index (χ3v) is 6.07. The van der Waals surface area contributed by atoms with Crippen molar-refractivity contribution < 1.29 is 19.3 Å². The summed E-state index contributed by atoms with van der Waals surface area (Å²) in [4.78, 5) is 15.4. The fraction of sp³-hybridized carbons (Fsp3) is 0.480. The van der Waals surface area contributed by atoms with E-state index in [0.29, 0.717) is 6.54 Å². The zero-order chi connectivity index (χ0) is 21.3. The maximum absolute atomic E-state index is 12.5. The number of rotatable bonds is 9. The Morgan fingerprint density at radius 3 is 2.47 bits per heavy atom. The van der Waals surface area contributed by atoms with Gasteiger partial charge >= 0.3 is 0 Å². The third-order valence-electron chi connectivity index (χ3n) is 6.07. The molecule has 0 unspecified atom stereocenters. The number of hydrogen-bond donors (Lipinski definition) is 3. The molecule has 162 valence electrons. The topological polar surface area (TPSA) is 47.2 Å². The molecule has 1 heterocycles. The fourth-order valence-corrected chi connectivity index (χ4v) is 4.28. The van der Waals surface area contributed by atoms with Crippen LogP contribution < -0.4 is 19.9 Å². The molecule has 1 atom stereocenters. The highest BCUT2D eigenvalue weighted by molar-refractivity contribution is 5.77. The van der Waals surface area contributed by atoms with Crippen molar-refractivity contribution in [3.8, 4) is 5.75 Å². The molecule has 0 aromatic heterocycles. The lowest BCUT2D eigenvalue weighted by atomic mass is 10.1. The number of hydrogen-bond acceptors (Lipinski definition) is 2. The van der Waals surface area contributed by atoms with Gasteiger partial charge < -0.3 is 19.9 Å². The number of carbonyl (C=O) groups is 1. The zero-order valence-electron chi connectivity index (χ0n) is 18.7. The summed E-state index contributed by atoms with van der Waals surface area (Å²) in [6, 6.07) is 17.1. The first-order valence-corrected chi connectivity index (χ1v) is 11.2. The van der Waals surface area contributed by atoms with Crippen LogP contribution in [0.1, 0.15) is 30.0 Å². The largest absolute Gasteiger partial charge is 0.496 e. The molecular weight excluding hydrogens is 374 g/mol. The second kappa shape index (κ2) is 11.1. The Morgan fingerprint density at radius 2 is 1.77 bits per heavy atom. The highest BCUT2D eigenvalue weighted by Crippen LogP contribution is 2.18. The predicted molar refractivity (Wildman–Crippen MR) is 120 cm³/mol. The van der Waals surface area contributed by atoms with Gasteiger partial charge in [-0.3, -0.25) is 4.79 Å². The second-order valence-corrected chi connectivity index (χ2v) is 8.66. The number of carbonyl (C=O) groups excluding carboxylic acids is 1. The van der Waals surface area contributed by atoms with E-state index in [0.717, 1.165) is 51.3 Å². The van der Waals surface area contributed by atoms with Crippen molar-refractivity contribution in [1.29, 1.82) is 0 Å². The van der Waals surface area contributed by atoms with E-state index in [1.54, 1.807) is 12.0 Å². The van der Waals surface area contributed by atoms with Crippen LogP contribution in [0.15, 0.2) is 48.5 Å². The van der Waals surface area contributed by atoms with Crippen molar-refractivity contribution in [1.82, 2.24) is 5.32 Å². The van der Waals surface area contributed by atoms with Gasteiger partial charge in [-0.15, -0.1) is 0 Å². The molecule has 1 aliphatic heterocycles. The van der Waals surface area contributed by atoms with Crippen LogP contribution in [0.25, 0.3) is 0 Å². The Bertz CT molecular complexity index is 801. The van der Waals surface area contributed by atoms with Crippen LogP contribution in [-0.4, -0.2) is 51.8 Å². The lowest BCUT2D eigenvalue weighted by Gasteiger charge is -2.30. The molecule has 2 aromatic rings. The van der Waals surface area contributed by atoms with E-state index in [1.807, 2.05) is 6.07 Å². The van der Waals surface area contributed by atoms with Gasteiger partial charge in [0.25, 0.3) is 5.91 Å². The number of aryl methyl sites for hydroxylation is 2. The average Bonchev–Trinajstić information content (AvgIpc) is 2.74. The minimum atomic E-state index is 0.175. The Kier molecular flexibility index (Phi) is 8.29. The maximum Gasteiger partial charge on any atom is 0.275 e. The highest BCUT2D eigenvalue weighted by atomic mass is 16.5. The van der Waals surface area contributed by atoms with Gasteiger partial charge in [-0.05, 0) is 44.4 Å². The van der Waals surface area contributed by atoms with Crippen molar-refractivity contribution in [2.75, 3.05) is 39.8 Å². The van der Waals surface area contributed by atoms with Crippen molar-refractivity contribution in [3.05, 3.63) is 65.2 Å². The first kappa shape index (κ1) is 22.3. The molecule has 0 radical (unpaired) electrons. The van der Waals surface area contributed by atoms with Gasteiger partial charge in [0.15, 0.2) is 6.54 Å². The molecule has 3 N–H and O–H groups in total. The van der Waals surface area contributed by atoms with Crippen molar-refractivity contribution >= 4 is 5.91 Å². The summed E-state index contributed by atoms with van der Waals surface area (Å²) in [6.07, 6.45) is 1.97. The van der Waals surface area contributed by atoms with E-state index in [4.69, 9.17) is 4.74 Å². The number of quaternary nitrogens is 2. The first-order chi connectivity index (χ1) is 14.5. The van der Waals surface area contributed by atoms with Crippen LogP contribution in [0, 0.1) is 6.92 Å². The van der Waals surface area contributed by atoms with Crippen LogP contribution in [-0.2, 0) is 17.8 Å². The number of ether oxygens (including phenoxy) is 1. The Morgan fingerprint density at radius 1 is 1.07 bits per heavy atom. The lowest BCUT2D eigenvalue weighted by Crippen LogP contribution is -3.28. The molecule has 1 aliphatic rings. The third kappa shape index (κ3) is 6.85. The van der Waals surface area contributed by atoms with Crippen LogP contribution in [0.5, 0.6) is 5.75 Å². The minimum absolute atomic E-state index is 0.175. The number of amides is 1. The maximum atomic E-state index is 12.5. The quantitative estimate of drug-likeness (QED) is 0.560. The Hall–Kier alpha value is -2.37. The van der Waals surface area contributed by atoms with Crippen LogP contribution >= 0.6 is 0 Å². The molecule has 5 nitrogen and oxygen atoms in total. The molecule has 0 bridgehead atoms. The summed E-state index contributed by atoms with van der Waals surface area (Å²) in [6.45, 7) is 10.0. The standard InChI is InChI=1S/C25H35N3O2/c1-20-9-12-24(30-3)23(17-20)18-27-13-15-28(16-14-27)19-25(29)26-21(2)10-11-22-7-5-4-6-8-22/h4-9,12,17,21H,10-11,13-16,18-19H2,1-3H3,(H,26,29)/p+2/t21-/m0/s1. The number of piperazine rings is 1. The molecule has 0 aliphatic carbocycles. The fourth-order valence-electron chi connectivity index (χ4n) is 4.28. The Balaban J connectivity index is 1.38. The van der Waals surface area contributed by atoms with E-state index in [9.17, 15) is 4.79 Å². The molecule has 30 heavy (non-hydrogen) atoms. The van der Waals surface area contributed by atoms with Crippen molar-refractivity contribution in [2.45, 2.75) is 39.3 Å². The summed E-state index contributed by atoms with van der Waals surface area (Å²) in [5.74, 6) is 1.15. The van der Waals surface area contributed by atoms with Crippen molar-refractivity contribution in [3.63, 3.8) is 0 Å². The van der Waals surface area contributed by atoms with Gasteiger partial charge in [-0.25, -0.2) is 0 Å². The zero-order valence-corrected chi connectivity index (χ0v) is 18.7. The summed E-state index contributed by atoms with van der Waals surface area (Å²) in [7, 11) is 1.74. The van der Waals surface area contributed by atoms with E-state index in [1.165, 1.54) is 21.6 Å². The molecule has 2 aromatic carbocycles. The van der Waals surface area contributed by atoms with Gasteiger partial charge in [0, 0.05) is 11.6 Å². The van der Waals surface area contributed by atoms with E-state index >= 15 is 0 Å². The molecule has 5 heteroatoms. The molecule has 0 saturated carbocycles. The van der Waals surface area contributed by atoms with E-state index in [2.05, 4.69) is 61.6 Å². The summed E-state index contributed by atoms with van der Waals surface area (Å²) < 4.78 is 5.53. The number of benzene rings is 2. The smallest absolute Gasteiger partial charge is 0.275 e. The van der Waals surface area contributed by atoms with Crippen molar-refractivity contribution in [2.24, 2.45) is 0 Å². The molecular formula is C25H37N3O2+2. The molecule has 0 spiro atoms. The summed E-state index contributed by atoms with van der Waals surface area (Å²) in [5, 5.41) is 3.19. The van der Waals surface area contributed by atoms with Gasteiger partial charge in [0.05, 0.1) is 7.11 Å². The van der Waals surface area contributed by atoms with Crippen LogP contribution in [0.4, 0.5) is 0 Å². The number of nitrogens with one attached hydrogen (secondary N) is 3. The Labute approximate surface area is 181 Å². The highest BCUT2D eigenvalue weighted by Gasteiger charge is 2.26. The van der Waals surface area contributed by atoms with E-state index < -0.39 is 0 Å². The van der Waals surface area contributed by atoms with Gasteiger partial charge in [0.2, 0.25) is 0 Å². The monoisotopic (exact) mass is 411 g/mol.